The summed E-state index contributed by atoms with van der Waals surface area (Å²) in [5.41, 5.74) is 0.934. The number of thiophene rings is 1. The Morgan fingerprint density at radius 1 is 1.43 bits per heavy atom. The van der Waals surface area contributed by atoms with Gasteiger partial charge in [-0.15, -0.1) is 11.3 Å². The molecule has 4 heterocycles. The van der Waals surface area contributed by atoms with Gasteiger partial charge in [0.2, 0.25) is 0 Å². The van der Waals surface area contributed by atoms with Crippen LogP contribution in [0, 0.1) is 5.92 Å². The van der Waals surface area contributed by atoms with Crippen LogP contribution in [0.25, 0.3) is 10.6 Å². The molecule has 1 N–H and O–H groups in total. The Morgan fingerprint density at radius 3 is 3.09 bits per heavy atom. The number of rotatable bonds is 4. The summed E-state index contributed by atoms with van der Waals surface area (Å²) < 4.78 is 5.62. The maximum absolute atomic E-state index is 11.6. The topological polar surface area (TPSA) is 62.7 Å². The van der Waals surface area contributed by atoms with Crippen molar-refractivity contribution in [2.24, 2.45) is 5.92 Å². The van der Waals surface area contributed by atoms with Gasteiger partial charge in [0.05, 0.1) is 16.3 Å². The molecule has 2 aliphatic rings. The van der Waals surface area contributed by atoms with E-state index in [2.05, 4.69) is 11.0 Å². The second kappa shape index (κ2) is 5.70. The minimum absolute atomic E-state index is 0.0838. The van der Waals surface area contributed by atoms with Crippen molar-refractivity contribution in [2.45, 2.75) is 18.6 Å². The fraction of sp³-hybridized carbons (Fsp3) is 0.412. The lowest BCUT2D eigenvalue weighted by atomic mass is 9.91. The summed E-state index contributed by atoms with van der Waals surface area (Å²) in [5, 5.41) is 11.6. The van der Waals surface area contributed by atoms with Gasteiger partial charge in [-0.25, -0.2) is 4.79 Å². The normalized spacial score (nSPS) is 27.2. The molecule has 0 aliphatic carbocycles. The van der Waals surface area contributed by atoms with E-state index < -0.39 is 11.6 Å². The Bertz CT molecular complexity index is 718. The monoisotopic (exact) mass is 330 g/mol. The predicted octanol–water partition coefficient (Wildman–Crippen LogP) is 2.49. The van der Waals surface area contributed by atoms with E-state index in [-0.39, 0.29) is 5.92 Å². The first kappa shape index (κ1) is 14.8. The molecule has 2 aromatic heterocycles. The lowest BCUT2D eigenvalue weighted by molar-refractivity contribution is -0.161. The number of carbonyl (C=O) groups is 1. The van der Waals surface area contributed by atoms with Crippen molar-refractivity contribution in [3.05, 3.63) is 41.4 Å². The van der Waals surface area contributed by atoms with Gasteiger partial charge in [0.15, 0.2) is 5.60 Å². The van der Waals surface area contributed by atoms with Crippen LogP contribution in [0.3, 0.4) is 0 Å². The molecule has 6 heteroatoms. The molecule has 2 aromatic rings. The quantitative estimate of drug-likeness (QED) is 0.933. The van der Waals surface area contributed by atoms with E-state index in [1.165, 1.54) is 0 Å². The minimum Gasteiger partial charge on any atom is -0.479 e. The molecule has 23 heavy (non-hydrogen) atoms. The summed E-state index contributed by atoms with van der Waals surface area (Å²) in [5.74, 6) is -0.747. The Labute approximate surface area is 138 Å². The lowest BCUT2D eigenvalue weighted by Crippen LogP contribution is -2.45. The van der Waals surface area contributed by atoms with E-state index in [0.29, 0.717) is 19.7 Å². The fourth-order valence-electron chi connectivity index (χ4n) is 3.64. The lowest BCUT2D eigenvalue weighted by Gasteiger charge is -2.23. The fourth-order valence-corrected chi connectivity index (χ4v) is 4.33. The average molecular weight is 330 g/mol. The number of carboxylic acid groups (broad SMARTS) is 1. The first-order valence-corrected chi connectivity index (χ1v) is 8.65. The van der Waals surface area contributed by atoms with Gasteiger partial charge < -0.3 is 9.84 Å². The Morgan fingerprint density at radius 2 is 2.35 bits per heavy atom. The van der Waals surface area contributed by atoms with Crippen LogP contribution in [-0.2, 0) is 16.1 Å². The van der Waals surface area contributed by atoms with E-state index in [1.807, 2.05) is 29.6 Å². The van der Waals surface area contributed by atoms with Crippen molar-refractivity contribution in [1.29, 1.82) is 0 Å². The van der Waals surface area contributed by atoms with Gasteiger partial charge in [0.1, 0.15) is 0 Å². The Balaban J connectivity index is 1.52. The number of pyridine rings is 1. The highest BCUT2D eigenvalue weighted by Gasteiger charge is 2.56. The second-order valence-electron chi connectivity index (χ2n) is 6.19. The predicted molar refractivity (Wildman–Crippen MR) is 87.3 cm³/mol. The van der Waals surface area contributed by atoms with Crippen LogP contribution in [0.4, 0.5) is 0 Å². The highest BCUT2D eigenvalue weighted by Crippen LogP contribution is 2.39. The number of carboxylic acids is 1. The summed E-state index contributed by atoms with van der Waals surface area (Å²) in [6.07, 6.45) is 0.825. The van der Waals surface area contributed by atoms with E-state index in [1.54, 1.807) is 11.3 Å². The summed E-state index contributed by atoms with van der Waals surface area (Å²) in [7, 11) is 0. The van der Waals surface area contributed by atoms with Crippen molar-refractivity contribution in [2.75, 3.05) is 19.7 Å². The molecule has 0 aromatic carbocycles. The molecule has 0 bridgehead atoms. The van der Waals surface area contributed by atoms with E-state index in [4.69, 9.17) is 9.72 Å². The molecular weight excluding hydrogens is 312 g/mol. The molecule has 120 valence electrons. The number of ether oxygens (including phenoxy) is 1. The molecule has 2 saturated heterocycles. The number of aromatic nitrogens is 1. The third-order valence-corrected chi connectivity index (χ3v) is 5.64. The molecule has 2 atom stereocenters. The van der Waals surface area contributed by atoms with Gasteiger partial charge in [-0.3, -0.25) is 9.88 Å². The number of likely N-dealkylation sites (tertiary alicyclic amines) is 1. The molecular formula is C17H18N2O3S. The van der Waals surface area contributed by atoms with E-state index >= 15 is 0 Å². The molecule has 4 rings (SSSR count). The van der Waals surface area contributed by atoms with Crippen molar-refractivity contribution in [1.82, 2.24) is 9.88 Å². The maximum atomic E-state index is 11.6. The molecule has 2 aliphatic heterocycles. The van der Waals surface area contributed by atoms with Crippen LogP contribution in [0.5, 0.6) is 0 Å². The first-order chi connectivity index (χ1) is 11.2. The van der Waals surface area contributed by atoms with Crippen LogP contribution >= 0.6 is 11.3 Å². The van der Waals surface area contributed by atoms with Gasteiger partial charge in [-0.1, -0.05) is 12.1 Å². The highest BCUT2D eigenvalue weighted by atomic mass is 32.1. The van der Waals surface area contributed by atoms with Gasteiger partial charge in [0.25, 0.3) is 0 Å². The largest absolute Gasteiger partial charge is 0.479 e. The molecule has 0 amide bonds. The summed E-state index contributed by atoms with van der Waals surface area (Å²) in [6.45, 7) is 2.42. The van der Waals surface area contributed by atoms with Crippen LogP contribution in [0.1, 0.15) is 12.1 Å². The van der Waals surface area contributed by atoms with Crippen LogP contribution in [0.15, 0.2) is 35.7 Å². The molecule has 0 spiro atoms. The average Bonchev–Trinajstić information content (AvgIpc) is 3.23. The minimum atomic E-state index is -1.01. The molecule has 0 unspecified atom stereocenters. The molecule has 0 saturated carbocycles. The van der Waals surface area contributed by atoms with Crippen molar-refractivity contribution >= 4 is 17.3 Å². The van der Waals surface area contributed by atoms with Crippen LogP contribution in [-0.4, -0.2) is 46.3 Å². The number of nitrogens with zero attached hydrogens (tertiary/aromatic N) is 2. The Hall–Kier alpha value is -1.76. The van der Waals surface area contributed by atoms with Crippen LogP contribution < -0.4 is 0 Å². The summed E-state index contributed by atoms with van der Waals surface area (Å²) >= 11 is 1.67. The van der Waals surface area contributed by atoms with E-state index in [9.17, 15) is 9.90 Å². The van der Waals surface area contributed by atoms with Crippen molar-refractivity contribution in [3.8, 4) is 10.6 Å². The standard InChI is InChI=1S/C17H18N2O3S/c20-16(21)17-11-19(9-12(17)6-7-22-17)10-13-3-1-4-14(18-13)15-5-2-8-23-15/h1-5,8,12H,6-7,9-11H2,(H,20,21)/t12-,17+/m1/s1. The summed E-state index contributed by atoms with van der Waals surface area (Å²) in [6, 6.07) is 10.1. The molecule has 2 fully saturated rings. The van der Waals surface area contributed by atoms with Crippen LogP contribution in [0.2, 0.25) is 0 Å². The zero-order valence-electron chi connectivity index (χ0n) is 12.6. The zero-order valence-corrected chi connectivity index (χ0v) is 13.5. The number of hydrogen-bond acceptors (Lipinski definition) is 5. The number of aliphatic carboxylic acids is 1. The first-order valence-electron chi connectivity index (χ1n) is 7.77. The highest BCUT2D eigenvalue weighted by molar-refractivity contribution is 7.13. The van der Waals surface area contributed by atoms with Gasteiger partial charge in [-0.05, 0) is 30.0 Å². The zero-order chi connectivity index (χ0) is 15.9. The third-order valence-electron chi connectivity index (χ3n) is 4.75. The Kier molecular flexibility index (Phi) is 3.67. The molecule has 0 radical (unpaired) electrons. The van der Waals surface area contributed by atoms with Gasteiger partial charge in [-0.2, -0.15) is 0 Å². The van der Waals surface area contributed by atoms with E-state index in [0.717, 1.165) is 29.2 Å². The summed E-state index contributed by atoms with van der Waals surface area (Å²) in [4.78, 5) is 19.7. The van der Waals surface area contributed by atoms with Gasteiger partial charge in [0, 0.05) is 32.2 Å². The van der Waals surface area contributed by atoms with Crippen molar-refractivity contribution < 1.29 is 14.6 Å². The smallest absolute Gasteiger partial charge is 0.337 e. The number of fused-ring (bicyclic) bond motifs is 1. The van der Waals surface area contributed by atoms with Crippen molar-refractivity contribution in [3.63, 3.8) is 0 Å². The SMILES string of the molecule is O=C(O)[C@]12CN(Cc3cccc(-c4cccs4)n3)C[C@H]1CCO2. The number of hydrogen-bond donors (Lipinski definition) is 1. The second-order valence-corrected chi connectivity index (χ2v) is 7.14. The third kappa shape index (κ3) is 2.56. The van der Waals surface area contributed by atoms with Gasteiger partial charge >= 0.3 is 5.97 Å². The maximum Gasteiger partial charge on any atom is 0.337 e. The molecule has 5 nitrogen and oxygen atoms in total.